The quantitative estimate of drug-likeness (QED) is 0.350. The molecule has 0 bridgehead atoms. The van der Waals surface area contributed by atoms with Crippen LogP contribution in [0.15, 0.2) is 48.5 Å². The van der Waals surface area contributed by atoms with Gasteiger partial charge in [-0.25, -0.2) is 4.79 Å². The molecule has 316 valence electrons. The summed E-state index contributed by atoms with van der Waals surface area (Å²) in [4.78, 5) is 105. The number of esters is 1. The van der Waals surface area contributed by atoms with Gasteiger partial charge in [-0.3, -0.25) is 28.8 Å². The molecule has 5 heterocycles. The third-order valence-electron chi connectivity index (χ3n) is 12.6. The molecule has 0 spiro atoms. The molecule has 15 nitrogen and oxygen atoms in total. The SMILES string of the molecule is C[C@@H]1C[C@H]2C(=O)O[C@@H](C)[C@H](NC(=O)[C@H](Cc3ccccc3)NC(=O)Cc3ccc4c(c3)CCN4C)C(=O)N3CCC[C@H]3C(=O)N3CCCC[C@H]3C(=O)N[C@@H](C)C(=O)N2C1. The number of carbonyl (C=O) groups excluding carboxylic acids is 7. The van der Waals surface area contributed by atoms with Crippen molar-refractivity contribution in [2.45, 2.75) is 121 Å². The van der Waals surface area contributed by atoms with E-state index in [1.54, 1.807) is 6.92 Å². The van der Waals surface area contributed by atoms with E-state index in [0.717, 1.165) is 35.3 Å². The molecule has 2 aromatic rings. The van der Waals surface area contributed by atoms with E-state index in [4.69, 9.17) is 4.74 Å². The van der Waals surface area contributed by atoms with Crippen molar-refractivity contribution >= 4 is 47.1 Å². The number of hydrogen-bond acceptors (Lipinski definition) is 9. The van der Waals surface area contributed by atoms with Crippen LogP contribution in [0.1, 0.15) is 76.0 Å². The first kappa shape index (κ1) is 41.7. The highest BCUT2D eigenvalue weighted by atomic mass is 16.5. The summed E-state index contributed by atoms with van der Waals surface area (Å²) in [6, 6.07) is 8.89. The van der Waals surface area contributed by atoms with Crippen LogP contribution in [-0.4, -0.2) is 132 Å². The first-order chi connectivity index (χ1) is 28.3. The van der Waals surface area contributed by atoms with Crippen LogP contribution >= 0.6 is 0 Å². The molecule has 0 aromatic heterocycles. The number of fused-ring (bicyclic) bond motifs is 4. The zero-order valence-corrected chi connectivity index (χ0v) is 34.5. The largest absolute Gasteiger partial charge is 0.458 e. The molecule has 0 aliphatic carbocycles. The summed E-state index contributed by atoms with van der Waals surface area (Å²) in [5, 5.41) is 8.57. The Kier molecular flexibility index (Phi) is 12.6. The maximum Gasteiger partial charge on any atom is 0.329 e. The minimum Gasteiger partial charge on any atom is -0.458 e. The van der Waals surface area contributed by atoms with Gasteiger partial charge in [0.05, 0.1) is 6.42 Å². The Morgan fingerprint density at radius 2 is 1.54 bits per heavy atom. The van der Waals surface area contributed by atoms with Gasteiger partial charge in [0.15, 0.2) is 0 Å². The van der Waals surface area contributed by atoms with Crippen LogP contribution in [0, 0.1) is 5.92 Å². The van der Waals surface area contributed by atoms with Crippen LogP contribution in [-0.2, 0) is 57.6 Å². The van der Waals surface area contributed by atoms with E-state index in [1.807, 2.05) is 62.5 Å². The lowest BCUT2D eigenvalue weighted by atomic mass is 9.99. The Morgan fingerprint density at radius 3 is 2.32 bits per heavy atom. The molecule has 3 N–H and O–H groups in total. The third kappa shape index (κ3) is 9.08. The second kappa shape index (κ2) is 17.8. The van der Waals surface area contributed by atoms with Gasteiger partial charge in [-0.05, 0) is 87.5 Å². The lowest BCUT2D eigenvalue weighted by molar-refractivity contribution is -0.163. The van der Waals surface area contributed by atoms with Crippen molar-refractivity contribution in [1.29, 1.82) is 0 Å². The van der Waals surface area contributed by atoms with Gasteiger partial charge < -0.3 is 40.3 Å². The number of carbonyl (C=O) groups is 7. The predicted octanol–water partition coefficient (Wildman–Crippen LogP) is 1.49. The molecule has 8 atom stereocenters. The van der Waals surface area contributed by atoms with Crippen molar-refractivity contribution in [2.75, 3.05) is 38.1 Å². The standard InChI is InChI=1S/C44H57N7O8/c1-26-21-36-44(58)59-28(3)38(43(57)50-19-10-14-35(50)42(56)49-18-9-8-13-34(49)40(54)45-27(2)41(55)51(36)25-26)47-39(53)32(23-29-11-6-5-7-12-29)46-37(52)24-30-15-16-33-31(22-30)17-20-48(33)4/h5-7,11-12,15-16,22,26-28,32,34-36,38H,8-10,13-14,17-21,23-25H2,1-4H3,(H,45,54)(H,46,52)(H,47,53)/t26-,27+,28+,32+,34+,35+,36+,38+/m1/s1. The van der Waals surface area contributed by atoms with Gasteiger partial charge in [-0.1, -0.05) is 49.4 Å². The number of amides is 6. The Morgan fingerprint density at radius 1 is 0.814 bits per heavy atom. The predicted molar refractivity (Wildman–Crippen MR) is 218 cm³/mol. The van der Waals surface area contributed by atoms with E-state index < -0.39 is 72.0 Å². The van der Waals surface area contributed by atoms with Crippen molar-refractivity contribution in [3.05, 3.63) is 65.2 Å². The van der Waals surface area contributed by atoms with Crippen LogP contribution in [0.25, 0.3) is 0 Å². The molecule has 0 radical (unpaired) electrons. The molecule has 0 saturated carbocycles. The smallest absolute Gasteiger partial charge is 0.329 e. The molecule has 6 amide bonds. The van der Waals surface area contributed by atoms with Gasteiger partial charge in [0.25, 0.3) is 0 Å². The summed E-state index contributed by atoms with van der Waals surface area (Å²) in [6.45, 7) is 6.70. The number of anilines is 1. The zero-order valence-electron chi connectivity index (χ0n) is 34.5. The molecule has 7 rings (SSSR count). The topological polar surface area (TPSA) is 178 Å². The van der Waals surface area contributed by atoms with Crippen LogP contribution < -0.4 is 20.9 Å². The van der Waals surface area contributed by atoms with Gasteiger partial charge in [-0.2, -0.15) is 0 Å². The van der Waals surface area contributed by atoms with E-state index >= 15 is 0 Å². The minimum atomic E-state index is -1.45. The van der Waals surface area contributed by atoms with Gasteiger partial charge in [0.1, 0.15) is 42.4 Å². The van der Waals surface area contributed by atoms with Crippen molar-refractivity contribution in [3.63, 3.8) is 0 Å². The molecule has 2 aromatic carbocycles. The second-order valence-corrected chi connectivity index (χ2v) is 17.1. The number of cyclic esters (lactones) is 1. The lowest BCUT2D eigenvalue weighted by Gasteiger charge is -2.39. The number of nitrogens with zero attached hydrogens (tertiary/aromatic N) is 4. The lowest BCUT2D eigenvalue weighted by Crippen LogP contribution is -2.63. The minimum absolute atomic E-state index is 0.0344. The van der Waals surface area contributed by atoms with Crippen molar-refractivity contribution < 1.29 is 38.3 Å². The number of piperidine rings is 1. The first-order valence-corrected chi connectivity index (χ1v) is 21.2. The zero-order chi connectivity index (χ0) is 42.0. The molecular weight excluding hydrogens is 755 g/mol. The third-order valence-corrected chi connectivity index (χ3v) is 12.6. The van der Waals surface area contributed by atoms with Crippen molar-refractivity contribution in [1.82, 2.24) is 30.7 Å². The Hall–Kier alpha value is -5.47. The molecular formula is C44H57N7O8. The van der Waals surface area contributed by atoms with Crippen LogP contribution in [0.5, 0.6) is 0 Å². The summed E-state index contributed by atoms with van der Waals surface area (Å²) < 4.78 is 6.00. The number of rotatable bonds is 7. The average Bonchev–Trinajstić information content (AvgIpc) is 3.97. The highest BCUT2D eigenvalue weighted by Crippen LogP contribution is 2.30. The van der Waals surface area contributed by atoms with Crippen LogP contribution in [0.2, 0.25) is 0 Å². The molecule has 4 fully saturated rings. The van der Waals surface area contributed by atoms with E-state index in [-0.39, 0.29) is 43.7 Å². The van der Waals surface area contributed by atoms with E-state index in [0.29, 0.717) is 45.1 Å². The highest BCUT2D eigenvalue weighted by Gasteiger charge is 2.47. The van der Waals surface area contributed by atoms with Crippen LogP contribution in [0.4, 0.5) is 5.69 Å². The van der Waals surface area contributed by atoms with Crippen LogP contribution in [0.3, 0.4) is 0 Å². The maximum absolute atomic E-state index is 14.8. The summed E-state index contributed by atoms with van der Waals surface area (Å²) in [6.07, 6.45) is 2.77. The van der Waals surface area contributed by atoms with Gasteiger partial charge >= 0.3 is 5.97 Å². The fourth-order valence-corrected chi connectivity index (χ4v) is 9.44. The number of ether oxygens (including phenoxy) is 1. The molecule has 5 aliphatic heterocycles. The fraction of sp³-hybridized carbons (Fsp3) is 0.568. The monoisotopic (exact) mass is 811 g/mol. The average molecular weight is 812 g/mol. The normalized spacial score (nSPS) is 28.3. The summed E-state index contributed by atoms with van der Waals surface area (Å²) in [5.74, 6) is -3.73. The van der Waals surface area contributed by atoms with Gasteiger partial charge in [-0.15, -0.1) is 0 Å². The molecule has 4 saturated heterocycles. The maximum atomic E-state index is 14.8. The number of nitrogens with one attached hydrogen (secondary N) is 3. The molecule has 59 heavy (non-hydrogen) atoms. The summed E-state index contributed by atoms with van der Waals surface area (Å²) in [7, 11) is 2.03. The first-order valence-electron chi connectivity index (χ1n) is 21.2. The van der Waals surface area contributed by atoms with Crippen molar-refractivity contribution in [3.8, 4) is 0 Å². The molecule has 15 heteroatoms. The molecule has 5 aliphatic rings. The Bertz CT molecular complexity index is 1960. The summed E-state index contributed by atoms with van der Waals surface area (Å²) in [5.41, 5.74) is 3.87. The number of benzene rings is 2. The Balaban J connectivity index is 1.18. The van der Waals surface area contributed by atoms with E-state index in [1.165, 1.54) is 21.6 Å². The van der Waals surface area contributed by atoms with Gasteiger partial charge in [0.2, 0.25) is 35.4 Å². The van der Waals surface area contributed by atoms with Gasteiger partial charge in [0, 0.05) is 45.3 Å². The summed E-state index contributed by atoms with van der Waals surface area (Å²) >= 11 is 0. The van der Waals surface area contributed by atoms with Crippen molar-refractivity contribution in [2.24, 2.45) is 5.92 Å². The van der Waals surface area contributed by atoms with E-state index in [2.05, 4.69) is 20.9 Å². The highest BCUT2D eigenvalue weighted by molar-refractivity contribution is 5.98. The fourth-order valence-electron chi connectivity index (χ4n) is 9.44. The molecule has 0 unspecified atom stereocenters. The second-order valence-electron chi connectivity index (χ2n) is 17.1. The Labute approximate surface area is 345 Å². The van der Waals surface area contributed by atoms with E-state index in [9.17, 15) is 33.6 Å². The number of hydrogen-bond donors (Lipinski definition) is 3. The number of likely N-dealkylation sites (N-methyl/N-ethyl adjacent to an activating group) is 1.